The topological polar surface area (TPSA) is 122 Å². The van der Waals surface area contributed by atoms with E-state index in [1.807, 2.05) is 16.8 Å². The van der Waals surface area contributed by atoms with Crippen molar-refractivity contribution in [2.75, 3.05) is 13.1 Å². The number of nitrogens with zero attached hydrogens (tertiary/aromatic N) is 3. The van der Waals surface area contributed by atoms with Crippen LogP contribution in [0.25, 0.3) is 22.5 Å². The zero-order chi connectivity index (χ0) is 20.7. The molecular weight excluding hydrogens is 428 g/mol. The number of piperidine rings is 1. The fraction of sp³-hybridized carbons (Fsp3) is 0.316. The molecule has 1 atom stereocenters. The van der Waals surface area contributed by atoms with Gasteiger partial charge in [0.2, 0.25) is 21.7 Å². The molecular formula is C19H18N4O5S2. The zero-order valence-electron chi connectivity index (χ0n) is 15.8. The minimum atomic E-state index is -3.70. The maximum atomic E-state index is 13.1. The van der Waals surface area contributed by atoms with E-state index in [4.69, 9.17) is 8.94 Å². The van der Waals surface area contributed by atoms with Crippen molar-refractivity contribution in [1.29, 1.82) is 0 Å². The molecule has 1 saturated heterocycles. The highest BCUT2D eigenvalue weighted by Gasteiger charge is 2.31. The average molecular weight is 447 g/mol. The Morgan fingerprint density at radius 1 is 1.30 bits per heavy atom. The van der Waals surface area contributed by atoms with Crippen LogP contribution in [-0.2, 0) is 16.4 Å². The first-order valence-electron chi connectivity index (χ1n) is 9.47. The Balaban J connectivity index is 1.33. The number of H-pyrrole nitrogens is 1. The number of hydrogen-bond donors (Lipinski definition) is 1. The van der Waals surface area contributed by atoms with E-state index in [-0.39, 0.29) is 10.8 Å². The summed E-state index contributed by atoms with van der Waals surface area (Å²) in [7, 11) is -3.70. The quantitative estimate of drug-likeness (QED) is 0.500. The van der Waals surface area contributed by atoms with E-state index in [2.05, 4.69) is 15.1 Å². The number of hydrogen-bond acceptors (Lipinski definition) is 8. The molecule has 0 saturated carbocycles. The van der Waals surface area contributed by atoms with Crippen LogP contribution < -0.4 is 5.76 Å². The van der Waals surface area contributed by atoms with Gasteiger partial charge in [-0.3, -0.25) is 4.98 Å². The molecule has 1 aromatic carbocycles. The molecule has 0 aliphatic carbocycles. The normalized spacial score (nSPS) is 18.2. The van der Waals surface area contributed by atoms with Crippen molar-refractivity contribution in [2.24, 2.45) is 5.92 Å². The molecule has 1 aliphatic rings. The Labute approximate surface area is 175 Å². The lowest BCUT2D eigenvalue weighted by molar-refractivity contribution is 0.247. The summed E-state index contributed by atoms with van der Waals surface area (Å²) in [5.74, 6) is 0.535. The van der Waals surface area contributed by atoms with Gasteiger partial charge < -0.3 is 8.94 Å². The van der Waals surface area contributed by atoms with Crippen molar-refractivity contribution in [1.82, 2.24) is 19.4 Å². The number of thiophene rings is 1. The SMILES string of the molecule is O=c1[nH]c2cc(S(=O)(=O)N3CCCC(Cc4nc(-c5ccsc5)no4)C3)ccc2o1. The van der Waals surface area contributed by atoms with Crippen LogP contribution >= 0.6 is 11.3 Å². The summed E-state index contributed by atoms with van der Waals surface area (Å²) in [6.45, 7) is 0.821. The van der Waals surface area contributed by atoms with Crippen LogP contribution in [0.3, 0.4) is 0 Å². The van der Waals surface area contributed by atoms with E-state index in [0.29, 0.717) is 42.3 Å². The minimum absolute atomic E-state index is 0.0850. The van der Waals surface area contributed by atoms with Gasteiger partial charge in [-0.2, -0.15) is 20.6 Å². The summed E-state index contributed by atoms with van der Waals surface area (Å²) in [6, 6.07) is 6.32. The van der Waals surface area contributed by atoms with Crippen LogP contribution in [0.1, 0.15) is 18.7 Å². The second-order valence-electron chi connectivity index (χ2n) is 7.27. The number of fused-ring (bicyclic) bond motifs is 1. The van der Waals surface area contributed by atoms with Gasteiger partial charge in [0.25, 0.3) is 0 Å². The molecule has 0 spiro atoms. The number of nitrogens with one attached hydrogen (secondary N) is 1. The second kappa shape index (κ2) is 7.49. The number of aromatic amines is 1. The number of benzene rings is 1. The molecule has 9 nitrogen and oxygen atoms in total. The van der Waals surface area contributed by atoms with Crippen LogP contribution in [0.15, 0.2) is 53.7 Å². The predicted molar refractivity (Wildman–Crippen MR) is 110 cm³/mol. The molecule has 4 heterocycles. The Morgan fingerprint density at radius 2 is 2.20 bits per heavy atom. The van der Waals surface area contributed by atoms with E-state index in [1.54, 1.807) is 11.3 Å². The highest BCUT2D eigenvalue weighted by molar-refractivity contribution is 7.89. The largest absolute Gasteiger partial charge is 0.417 e. The van der Waals surface area contributed by atoms with Crippen molar-refractivity contribution in [3.8, 4) is 11.4 Å². The number of aromatic nitrogens is 3. The maximum Gasteiger partial charge on any atom is 0.417 e. The number of rotatable bonds is 5. The van der Waals surface area contributed by atoms with E-state index in [1.165, 1.54) is 22.5 Å². The Bertz CT molecular complexity index is 1340. The third-order valence-electron chi connectivity index (χ3n) is 5.22. The molecule has 5 rings (SSSR count). The summed E-state index contributed by atoms with van der Waals surface area (Å²) >= 11 is 1.56. The monoisotopic (exact) mass is 446 g/mol. The molecule has 4 aromatic rings. The molecule has 0 amide bonds. The van der Waals surface area contributed by atoms with Crippen LogP contribution in [-0.4, -0.2) is 40.9 Å². The molecule has 1 fully saturated rings. The molecule has 1 unspecified atom stereocenters. The van der Waals surface area contributed by atoms with E-state index >= 15 is 0 Å². The molecule has 0 radical (unpaired) electrons. The fourth-order valence-corrected chi connectivity index (χ4v) is 5.96. The van der Waals surface area contributed by atoms with E-state index < -0.39 is 15.8 Å². The Morgan fingerprint density at radius 3 is 3.03 bits per heavy atom. The van der Waals surface area contributed by atoms with Crippen molar-refractivity contribution in [3.05, 3.63) is 51.5 Å². The van der Waals surface area contributed by atoms with E-state index in [9.17, 15) is 13.2 Å². The van der Waals surface area contributed by atoms with Crippen LogP contribution in [0, 0.1) is 5.92 Å². The average Bonchev–Trinajstić information content (AvgIpc) is 3.47. The van der Waals surface area contributed by atoms with Crippen LogP contribution in [0.5, 0.6) is 0 Å². The summed E-state index contributed by atoms with van der Waals surface area (Å²) in [5, 5.41) is 7.92. The van der Waals surface area contributed by atoms with Gasteiger partial charge in [-0.15, -0.1) is 0 Å². The van der Waals surface area contributed by atoms with Crippen molar-refractivity contribution < 1.29 is 17.4 Å². The van der Waals surface area contributed by atoms with Crippen molar-refractivity contribution >= 4 is 32.5 Å². The molecule has 1 N–H and O–H groups in total. The summed E-state index contributed by atoms with van der Waals surface area (Å²) in [4.78, 5) is 18.4. The smallest absolute Gasteiger partial charge is 0.408 e. The third-order valence-corrected chi connectivity index (χ3v) is 7.77. The van der Waals surface area contributed by atoms with Gasteiger partial charge in [0.05, 0.1) is 10.4 Å². The summed E-state index contributed by atoms with van der Waals surface area (Å²) in [5.41, 5.74) is 1.60. The molecule has 1 aliphatic heterocycles. The van der Waals surface area contributed by atoms with Gasteiger partial charge in [0, 0.05) is 30.5 Å². The zero-order valence-corrected chi connectivity index (χ0v) is 17.4. The van der Waals surface area contributed by atoms with Gasteiger partial charge in [-0.25, -0.2) is 13.2 Å². The minimum Gasteiger partial charge on any atom is -0.408 e. The second-order valence-corrected chi connectivity index (χ2v) is 9.99. The van der Waals surface area contributed by atoms with Gasteiger partial charge in [0.15, 0.2) is 5.58 Å². The molecule has 0 bridgehead atoms. The first-order valence-corrected chi connectivity index (χ1v) is 11.9. The lowest BCUT2D eigenvalue weighted by Gasteiger charge is -2.31. The third kappa shape index (κ3) is 3.59. The Hall–Kier alpha value is -2.76. The number of sulfonamides is 1. The summed E-state index contributed by atoms with van der Waals surface area (Å²) in [6.07, 6.45) is 2.16. The molecule has 30 heavy (non-hydrogen) atoms. The van der Waals surface area contributed by atoms with Crippen LogP contribution in [0.4, 0.5) is 0 Å². The Kier molecular flexibility index (Phi) is 4.80. The first-order chi connectivity index (χ1) is 14.5. The lowest BCUT2D eigenvalue weighted by Crippen LogP contribution is -2.40. The lowest BCUT2D eigenvalue weighted by atomic mass is 9.96. The van der Waals surface area contributed by atoms with Gasteiger partial charge >= 0.3 is 5.76 Å². The van der Waals surface area contributed by atoms with Gasteiger partial charge in [-0.05, 0) is 48.4 Å². The molecule has 156 valence electrons. The maximum absolute atomic E-state index is 13.1. The predicted octanol–water partition coefficient (Wildman–Crippen LogP) is 2.88. The molecule has 3 aromatic heterocycles. The summed E-state index contributed by atoms with van der Waals surface area (Å²) < 4.78 is 38.1. The fourth-order valence-electron chi connectivity index (χ4n) is 3.75. The van der Waals surface area contributed by atoms with Gasteiger partial charge in [-0.1, -0.05) is 5.16 Å². The first kappa shape index (κ1) is 19.2. The standard InChI is InChI=1S/C19H18N4O5S2/c24-19-20-15-9-14(3-4-16(15)27-19)30(25,26)23-6-1-2-12(10-23)8-17-21-18(22-28-17)13-5-7-29-11-13/h3-5,7,9,11-12H,1-2,6,8,10H2,(H,20,24). The van der Waals surface area contributed by atoms with Crippen LogP contribution in [0.2, 0.25) is 0 Å². The highest BCUT2D eigenvalue weighted by Crippen LogP contribution is 2.28. The molecule has 11 heteroatoms. The highest BCUT2D eigenvalue weighted by atomic mass is 32.2. The van der Waals surface area contributed by atoms with E-state index in [0.717, 1.165) is 18.4 Å². The van der Waals surface area contributed by atoms with Gasteiger partial charge in [0.1, 0.15) is 0 Å². The van der Waals surface area contributed by atoms with Crippen molar-refractivity contribution in [2.45, 2.75) is 24.2 Å². The van der Waals surface area contributed by atoms with Crippen molar-refractivity contribution in [3.63, 3.8) is 0 Å². The number of oxazole rings is 1.